The number of anilines is 1. The molecule has 0 amide bonds. The molecule has 2 N–H and O–H groups in total. The van der Waals surface area contributed by atoms with E-state index in [4.69, 9.17) is 5.73 Å². The van der Waals surface area contributed by atoms with Crippen LogP contribution in [-0.4, -0.2) is 12.8 Å². The molecule has 0 heterocycles. The van der Waals surface area contributed by atoms with Crippen LogP contribution in [-0.2, 0) is 0 Å². The van der Waals surface area contributed by atoms with E-state index < -0.39 is 35.9 Å². The normalized spacial score (nSPS) is 11.5. The average molecular weight is 227 g/mol. The topological polar surface area (TPSA) is 35.2 Å². The molecule has 0 saturated carbocycles. The third-order valence-electron chi connectivity index (χ3n) is 1.44. The van der Waals surface area contributed by atoms with Gasteiger partial charge in [-0.05, 0) is 0 Å². The molecular formula is C8H6F5NO. The molecule has 1 aromatic carbocycles. The summed E-state index contributed by atoms with van der Waals surface area (Å²) in [6, 6.07) is 1.03. The largest absolute Gasteiger partial charge is 0.481 e. The second-order valence-corrected chi connectivity index (χ2v) is 2.71. The minimum Gasteiger partial charge on any atom is -0.481 e. The fourth-order valence-electron chi connectivity index (χ4n) is 0.814. The van der Waals surface area contributed by atoms with Gasteiger partial charge in [-0.1, -0.05) is 0 Å². The minimum absolute atomic E-state index is 0.469. The fraction of sp³-hybridized carbons (Fsp3) is 0.250. The van der Waals surface area contributed by atoms with Crippen LogP contribution >= 0.6 is 0 Å². The Labute approximate surface area is 81.4 Å². The van der Waals surface area contributed by atoms with Gasteiger partial charge in [-0.15, -0.1) is 0 Å². The number of ether oxygens (including phenoxy) is 1. The molecule has 0 spiro atoms. The summed E-state index contributed by atoms with van der Waals surface area (Å²) in [5.41, 5.74) is 4.49. The van der Waals surface area contributed by atoms with Gasteiger partial charge in [0, 0.05) is 12.1 Å². The molecule has 2 nitrogen and oxygen atoms in total. The zero-order valence-electron chi connectivity index (χ0n) is 7.24. The summed E-state index contributed by atoms with van der Waals surface area (Å²) in [5.74, 6) is -2.99. The zero-order valence-corrected chi connectivity index (χ0v) is 7.24. The number of benzene rings is 1. The van der Waals surface area contributed by atoms with Gasteiger partial charge in [-0.3, -0.25) is 0 Å². The molecule has 0 aliphatic rings. The van der Waals surface area contributed by atoms with Crippen molar-refractivity contribution < 1.29 is 26.7 Å². The maximum atomic E-state index is 12.9. The van der Waals surface area contributed by atoms with Crippen molar-refractivity contribution in [2.45, 2.75) is 6.18 Å². The first-order valence-electron chi connectivity index (χ1n) is 3.73. The SMILES string of the molecule is Nc1cc(F)c(OCC(F)(F)F)cc1F. The van der Waals surface area contributed by atoms with Gasteiger partial charge in [-0.2, -0.15) is 13.2 Å². The molecule has 0 fully saturated rings. The van der Waals surface area contributed by atoms with E-state index in [9.17, 15) is 22.0 Å². The maximum Gasteiger partial charge on any atom is 0.422 e. The number of nitrogens with two attached hydrogens (primary N) is 1. The zero-order chi connectivity index (χ0) is 11.6. The molecule has 7 heteroatoms. The summed E-state index contributed by atoms with van der Waals surface area (Å²) in [6.07, 6.45) is -4.61. The second kappa shape index (κ2) is 3.92. The van der Waals surface area contributed by atoms with E-state index in [1.807, 2.05) is 0 Å². The first kappa shape index (κ1) is 11.5. The van der Waals surface area contributed by atoms with E-state index in [2.05, 4.69) is 4.74 Å². The lowest BCUT2D eigenvalue weighted by atomic mass is 10.3. The maximum absolute atomic E-state index is 12.9. The summed E-state index contributed by atoms with van der Waals surface area (Å²) in [6.45, 7) is -1.69. The van der Waals surface area contributed by atoms with E-state index in [0.29, 0.717) is 12.1 Å². The van der Waals surface area contributed by atoms with Gasteiger partial charge in [0.2, 0.25) is 0 Å². The van der Waals surface area contributed by atoms with Crippen molar-refractivity contribution in [3.8, 4) is 5.75 Å². The Hall–Kier alpha value is -1.53. The van der Waals surface area contributed by atoms with Crippen LogP contribution < -0.4 is 10.5 Å². The minimum atomic E-state index is -4.61. The van der Waals surface area contributed by atoms with Gasteiger partial charge >= 0.3 is 6.18 Å². The van der Waals surface area contributed by atoms with Crippen molar-refractivity contribution in [3.63, 3.8) is 0 Å². The molecule has 0 radical (unpaired) electrons. The fourth-order valence-corrected chi connectivity index (χ4v) is 0.814. The molecule has 0 unspecified atom stereocenters. The first-order chi connectivity index (χ1) is 6.79. The average Bonchev–Trinajstić information content (AvgIpc) is 2.07. The van der Waals surface area contributed by atoms with Crippen LogP contribution in [0.15, 0.2) is 12.1 Å². The van der Waals surface area contributed by atoms with Gasteiger partial charge in [0.25, 0.3) is 0 Å². The molecule has 0 bridgehead atoms. The lowest BCUT2D eigenvalue weighted by Gasteiger charge is -2.10. The molecule has 0 aliphatic heterocycles. The molecule has 1 rings (SSSR count). The van der Waals surface area contributed by atoms with E-state index in [0.717, 1.165) is 0 Å². The van der Waals surface area contributed by atoms with Crippen molar-refractivity contribution in [1.82, 2.24) is 0 Å². The summed E-state index contributed by atoms with van der Waals surface area (Å²) in [5, 5.41) is 0. The van der Waals surface area contributed by atoms with Crippen LogP contribution in [0.5, 0.6) is 5.75 Å². The third-order valence-corrected chi connectivity index (χ3v) is 1.44. The summed E-state index contributed by atoms with van der Waals surface area (Å²) in [7, 11) is 0. The van der Waals surface area contributed by atoms with E-state index in [1.54, 1.807) is 0 Å². The van der Waals surface area contributed by atoms with Gasteiger partial charge < -0.3 is 10.5 Å². The predicted octanol–water partition coefficient (Wildman–Crippen LogP) is 2.49. The van der Waals surface area contributed by atoms with Crippen LogP contribution in [0.25, 0.3) is 0 Å². The molecule has 15 heavy (non-hydrogen) atoms. The number of nitrogen functional groups attached to an aromatic ring is 1. The molecule has 84 valence electrons. The summed E-state index contributed by atoms with van der Waals surface area (Å²) in [4.78, 5) is 0. The van der Waals surface area contributed by atoms with Crippen molar-refractivity contribution in [2.24, 2.45) is 0 Å². The summed E-state index contributed by atoms with van der Waals surface area (Å²) >= 11 is 0. The highest BCUT2D eigenvalue weighted by Crippen LogP contribution is 2.25. The quantitative estimate of drug-likeness (QED) is 0.622. The van der Waals surface area contributed by atoms with Gasteiger partial charge in [0.1, 0.15) is 5.82 Å². The lowest BCUT2D eigenvalue weighted by molar-refractivity contribution is -0.153. The monoisotopic (exact) mass is 227 g/mol. The van der Waals surface area contributed by atoms with Crippen molar-refractivity contribution in [1.29, 1.82) is 0 Å². The Morgan fingerprint density at radius 3 is 2.27 bits per heavy atom. The second-order valence-electron chi connectivity index (χ2n) is 2.71. The van der Waals surface area contributed by atoms with Gasteiger partial charge in [0.15, 0.2) is 18.2 Å². The predicted molar refractivity (Wildman–Crippen MR) is 42.3 cm³/mol. The number of rotatable bonds is 2. The van der Waals surface area contributed by atoms with Crippen LogP contribution in [0.3, 0.4) is 0 Å². The Bertz CT molecular complexity index is 363. The van der Waals surface area contributed by atoms with Crippen LogP contribution in [0, 0.1) is 11.6 Å². The van der Waals surface area contributed by atoms with Crippen LogP contribution in [0.2, 0.25) is 0 Å². The van der Waals surface area contributed by atoms with Gasteiger partial charge in [0.05, 0.1) is 5.69 Å². The summed E-state index contributed by atoms with van der Waals surface area (Å²) < 4.78 is 64.7. The lowest BCUT2D eigenvalue weighted by Crippen LogP contribution is -2.19. The molecule has 0 aliphatic carbocycles. The Morgan fingerprint density at radius 1 is 1.13 bits per heavy atom. The Kier molecular flexibility index (Phi) is 3.01. The first-order valence-corrected chi connectivity index (χ1v) is 3.73. The highest BCUT2D eigenvalue weighted by Gasteiger charge is 2.29. The van der Waals surface area contributed by atoms with E-state index in [-0.39, 0.29) is 0 Å². The van der Waals surface area contributed by atoms with Gasteiger partial charge in [-0.25, -0.2) is 8.78 Å². The van der Waals surface area contributed by atoms with E-state index in [1.165, 1.54) is 0 Å². The molecule has 0 saturated heterocycles. The Balaban J connectivity index is 2.82. The molecule has 0 atom stereocenters. The third kappa shape index (κ3) is 3.26. The number of halogens is 5. The highest BCUT2D eigenvalue weighted by atomic mass is 19.4. The number of hydrogen-bond donors (Lipinski definition) is 1. The molecule has 1 aromatic rings. The van der Waals surface area contributed by atoms with E-state index >= 15 is 0 Å². The van der Waals surface area contributed by atoms with Crippen LogP contribution in [0.1, 0.15) is 0 Å². The smallest absolute Gasteiger partial charge is 0.422 e. The van der Waals surface area contributed by atoms with Crippen LogP contribution in [0.4, 0.5) is 27.6 Å². The van der Waals surface area contributed by atoms with Crippen molar-refractivity contribution in [2.75, 3.05) is 12.3 Å². The standard InChI is InChI=1S/C8H6F5NO/c9-4-2-7(5(10)1-6(4)14)15-3-8(11,12)13/h1-2H,3,14H2. The number of hydrogen-bond acceptors (Lipinski definition) is 2. The number of alkyl halides is 3. The highest BCUT2D eigenvalue weighted by molar-refractivity contribution is 5.44. The van der Waals surface area contributed by atoms with Crippen molar-refractivity contribution >= 4 is 5.69 Å². The Morgan fingerprint density at radius 2 is 1.73 bits per heavy atom. The van der Waals surface area contributed by atoms with Crippen molar-refractivity contribution in [3.05, 3.63) is 23.8 Å². The molecular weight excluding hydrogens is 221 g/mol. The molecule has 0 aromatic heterocycles.